The number of hydrogen-bond acceptors (Lipinski definition) is 4. The number of benzene rings is 1. The molecule has 11 heteroatoms. The van der Waals surface area contributed by atoms with Crippen LogP contribution in [0.15, 0.2) is 35.5 Å². The van der Waals surface area contributed by atoms with Gasteiger partial charge in [-0.05, 0) is 30.2 Å². The third kappa shape index (κ3) is 5.58. The summed E-state index contributed by atoms with van der Waals surface area (Å²) in [5.74, 6) is -1.21. The summed E-state index contributed by atoms with van der Waals surface area (Å²) in [5.41, 5.74) is -1.42. The number of carboxylic acids is 1. The van der Waals surface area contributed by atoms with Crippen LogP contribution in [0.1, 0.15) is 30.9 Å². The van der Waals surface area contributed by atoms with Gasteiger partial charge in [0, 0.05) is 24.5 Å². The van der Waals surface area contributed by atoms with Gasteiger partial charge in [-0.15, -0.1) is 0 Å². The zero-order chi connectivity index (χ0) is 21.8. The molecule has 1 heterocycles. The Morgan fingerprint density at radius 3 is 2.52 bits per heavy atom. The van der Waals surface area contributed by atoms with E-state index in [0.29, 0.717) is 18.9 Å². The van der Waals surface area contributed by atoms with E-state index in [2.05, 4.69) is 4.72 Å². The molecule has 0 aliphatic carbocycles. The summed E-state index contributed by atoms with van der Waals surface area (Å²) in [7, 11) is -4.21. The van der Waals surface area contributed by atoms with Crippen LogP contribution in [0.2, 0.25) is 0 Å². The van der Waals surface area contributed by atoms with Crippen LogP contribution in [-0.2, 0) is 27.5 Å². The molecule has 2 aromatic rings. The molecule has 2 N–H and O–H groups in total. The van der Waals surface area contributed by atoms with E-state index in [1.807, 2.05) is 6.92 Å². The molecule has 0 bridgehead atoms. The fraction of sp³-hybridized carbons (Fsp3) is 0.333. The van der Waals surface area contributed by atoms with Crippen molar-refractivity contribution in [1.29, 1.82) is 5.26 Å². The number of sulfonamides is 1. The first-order valence-corrected chi connectivity index (χ1v) is 10.00. The zero-order valence-corrected chi connectivity index (χ0v) is 16.1. The Hall–Kier alpha value is -2.84. The quantitative estimate of drug-likeness (QED) is 0.626. The second kappa shape index (κ2) is 8.67. The molecular formula is C18H18F3N3O4S. The number of carboxylic acid groups (broad SMARTS) is 1. The van der Waals surface area contributed by atoms with Gasteiger partial charge in [0.25, 0.3) is 0 Å². The molecule has 0 saturated carbocycles. The zero-order valence-electron chi connectivity index (χ0n) is 15.3. The van der Waals surface area contributed by atoms with E-state index in [0.717, 1.165) is 16.7 Å². The van der Waals surface area contributed by atoms with E-state index in [1.54, 1.807) is 6.07 Å². The average molecular weight is 429 g/mol. The Morgan fingerprint density at radius 1 is 1.28 bits per heavy atom. The van der Waals surface area contributed by atoms with Crippen molar-refractivity contribution in [3.05, 3.63) is 41.7 Å². The molecule has 0 aliphatic rings. The van der Waals surface area contributed by atoms with Crippen molar-refractivity contribution in [3.8, 4) is 17.2 Å². The number of nitrogens with zero attached hydrogens (tertiary/aromatic N) is 2. The van der Waals surface area contributed by atoms with Crippen molar-refractivity contribution in [3.63, 3.8) is 0 Å². The maximum atomic E-state index is 13.4. The lowest BCUT2D eigenvalue weighted by Gasteiger charge is -2.13. The van der Waals surface area contributed by atoms with Crippen LogP contribution in [0, 0.1) is 11.3 Å². The maximum absolute atomic E-state index is 13.4. The number of hydrogen-bond donors (Lipinski definition) is 2. The van der Waals surface area contributed by atoms with E-state index in [4.69, 9.17) is 5.11 Å². The van der Waals surface area contributed by atoms with Crippen molar-refractivity contribution in [2.45, 2.75) is 37.4 Å². The van der Waals surface area contributed by atoms with Crippen LogP contribution < -0.4 is 4.72 Å². The van der Waals surface area contributed by atoms with Crippen molar-refractivity contribution in [2.24, 2.45) is 0 Å². The Bertz CT molecular complexity index is 1050. The molecule has 0 radical (unpaired) electrons. The van der Waals surface area contributed by atoms with Crippen LogP contribution in [0.25, 0.3) is 11.1 Å². The smallest absolute Gasteiger partial charge is 0.416 e. The molecule has 7 nitrogen and oxygen atoms in total. The third-order valence-electron chi connectivity index (χ3n) is 4.00. The number of alkyl halides is 3. The summed E-state index contributed by atoms with van der Waals surface area (Å²) < 4.78 is 68.3. The first-order valence-electron chi connectivity index (χ1n) is 8.52. The Balaban J connectivity index is 2.63. The predicted octanol–water partition coefficient (Wildman–Crippen LogP) is 3.21. The lowest BCUT2D eigenvalue weighted by atomic mass is 10.0. The molecule has 0 spiro atoms. The van der Waals surface area contributed by atoms with Gasteiger partial charge in [0.05, 0.1) is 16.0 Å². The number of unbranched alkanes of at least 4 members (excludes halogenated alkanes) is 1. The third-order valence-corrected chi connectivity index (χ3v) is 5.44. The number of halogens is 3. The van der Waals surface area contributed by atoms with E-state index in [9.17, 15) is 31.6 Å². The molecule has 156 valence electrons. The first kappa shape index (κ1) is 22.4. The van der Waals surface area contributed by atoms with Gasteiger partial charge in [0.2, 0.25) is 10.0 Å². The van der Waals surface area contributed by atoms with Crippen molar-refractivity contribution in [1.82, 2.24) is 9.29 Å². The Morgan fingerprint density at radius 2 is 1.97 bits per heavy atom. The summed E-state index contributed by atoms with van der Waals surface area (Å²) in [6.07, 6.45) is -1.23. The molecule has 0 fully saturated rings. The molecular weight excluding hydrogens is 411 g/mol. The number of aromatic nitrogens is 1. The van der Waals surface area contributed by atoms with Crippen molar-refractivity contribution in [2.75, 3.05) is 6.54 Å². The van der Waals surface area contributed by atoms with Crippen molar-refractivity contribution < 1.29 is 31.5 Å². The van der Waals surface area contributed by atoms with E-state index in [-0.39, 0.29) is 23.2 Å². The standard InChI is InChI=1S/C18H18F3N3O4S/c1-2-3-4-23-29(27,28)15-6-12(5-14(7-15)18(19,20)21)16-10-24(11-17(25)26)9-13(16)8-22/h5-7,9-10,23H,2-4,11H2,1H3,(H,25,26). The second-order valence-electron chi connectivity index (χ2n) is 6.26. The van der Waals surface area contributed by atoms with E-state index in [1.165, 1.54) is 12.4 Å². The van der Waals surface area contributed by atoms with Crippen LogP contribution in [0.5, 0.6) is 0 Å². The monoisotopic (exact) mass is 429 g/mol. The molecule has 0 atom stereocenters. The Labute approximate surface area is 165 Å². The van der Waals surface area contributed by atoms with Crippen LogP contribution in [0.3, 0.4) is 0 Å². The number of nitrogens with one attached hydrogen (secondary N) is 1. The molecule has 1 aromatic carbocycles. The number of aliphatic carboxylic acids is 1. The number of carbonyl (C=O) groups is 1. The minimum Gasteiger partial charge on any atom is -0.480 e. The predicted molar refractivity (Wildman–Crippen MR) is 97.3 cm³/mol. The maximum Gasteiger partial charge on any atom is 0.416 e. The molecule has 29 heavy (non-hydrogen) atoms. The minimum absolute atomic E-state index is 0.00450. The van der Waals surface area contributed by atoms with Gasteiger partial charge in [0.15, 0.2) is 0 Å². The highest BCUT2D eigenvalue weighted by Crippen LogP contribution is 2.35. The summed E-state index contributed by atoms with van der Waals surface area (Å²) in [4.78, 5) is 10.3. The molecule has 2 rings (SSSR count). The summed E-state index contributed by atoms with van der Waals surface area (Å²) in [6.45, 7) is 1.40. The lowest BCUT2D eigenvalue weighted by molar-refractivity contribution is -0.138. The normalized spacial score (nSPS) is 12.0. The van der Waals surface area contributed by atoms with E-state index < -0.39 is 39.2 Å². The molecule has 0 unspecified atom stereocenters. The summed E-state index contributed by atoms with van der Waals surface area (Å²) in [5, 5.41) is 18.1. The van der Waals surface area contributed by atoms with Crippen molar-refractivity contribution >= 4 is 16.0 Å². The molecule has 0 amide bonds. The van der Waals surface area contributed by atoms with Gasteiger partial charge in [-0.3, -0.25) is 4.79 Å². The molecule has 0 aliphatic heterocycles. The average Bonchev–Trinajstić information content (AvgIpc) is 3.03. The van der Waals surface area contributed by atoms with Crippen LogP contribution in [-0.4, -0.2) is 30.6 Å². The van der Waals surface area contributed by atoms with Crippen LogP contribution >= 0.6 is 0 Å². The highest BCUT2D eigenvalue weighted by atomic mass is 32.2. The van der Waals surface area contributed by atoms with Gasteiger partial charge in [0.1, 0.15) is 12.6 Å². The largest absolute Gasteiger partial charge is 0.480 e. The summed E-state index contributed by atoms with van der Waals surface area (Å²) >= 11 is 0. The highest BCUT2D eigenvalue weighted by Gasteiger charge is 2.33. The van der Waals surface area contributed by atoms with E-state index >= 15 is 0 Å². The van der Waals surface area contributed by atoms with Gasteiger partial charge >= 0.3 is 12.1 Å². The lowest BCUT2D eigenvalue weighted by Crippen LogP contribution is -2.25. The van der Waals surface area contributed by atoms with Gasteiger partial charge in [-0.2, -0.15) is 18.4 Å². The van der Waals surface area contributed by atoms with Crippen LogP contribution in [0.4, 0.5) is 13.2 Å². The molecule has 0 saturated heterocycles. The SMILES string of the molecule is CCCCNS(=O)(=O)c1cc(-c2cn(CC(=O)O)cc2C#N)cc(C(F)(F)F)c1. The Kier molecular flexibility index (Phi) is 6.71. The topological polar surface area (TPSA) is 112 Å². The fourth-order valence-corrected chi connectivity index (χ4v) is 3.76. The summed E-state index contributed by atoms with van der Waals surface area (Å²) in [6, 6.07) is 4.07. The number of rotatable bonds is 8. The first-order chi connectivity index (χ1) is 13.5. The minimum atomic E-state index is -4.82. The van der Waals surface area contributed by atoms with Gasteiger partial charge in [-0.25, -0.2) is 13.1 Å². The van der Waals surface area contributed by atoms with Gasteiger partial charge < -0.3 is 9.67 Å². The second-order valence-corrected chi connectivity index (χ2v) is 8.03. The number of nitriles is 1. The molecule has 1 aromatic heterocycles. The highest BCUT2D eigenvalue weighted by molar-refractivity contribution is 7.89. The fourth-order valence-electron chi connectivity index (χ4n) is 2.61. The van der Waals surface area contributed by atoms with Gasteiger partial charge in [-0.1, -0.05) is 13.3 Å².